The number of benzene rings is 1. The van der Waals surface area contributed by atoms with Crippen molar-refractivity contribution in [2.24, 2.45) is 0 Å². The van der Waals surface area contributed by atoms with Crippen molar-refractivity contribution in [1.82, 2.24) is 0 Å². The van der Waals surface area contributed by atoms with Crippen LogP contribution in [-0.2, 0) is 15.0 Å². The number of rotatable bonds is 1. The van der Waals surface area contributed by atoms with E-state index in [4.69, 9.17) is 0 Å². The zero-order valence-corrected chi connectivity index (χ0v) is 10.00. The standard InChI is InChI=1S/C13H15NO2/c1-8-5-6-11-10(7-8)13(3,9(2)15)12(16)14(11)4/h5-7H,1-4H3. The average molecular weight is 217 g/mol. The molecule has 0 saturated heterocycles. The van der Waals surface area contributed by atoms with E-state index in [9.17, 15) is 9.59 Å². The van der Waals surface area contributed by atoms with Crippen molar-refractivity contribution < 1.29 is 9.59 Å². The summed E-state index contributed by atoms with van der Waals surface area (Å²) in [5.41, 5.74) is 1.73. The van der Waals surface area contributed by atoms with Crippen molar-refractivity contribution in [2.45, 2.75) is 26.2 Å². The normalized spacial score (nSPS) is 23.5. The smallest absolute Gasteiger partial charge is 0.244 e. The minimum absolute atomic E-state index is 0.103. The van der Waals surface area contributed by atoms with Gasteiger partial charge in [-0.2, -0.15) is 0 Å². The highest BCUT2D eigenvalue weighted by atomic mass is 16.2. The number of Topliss-reactive ketones (excluding diaryl/α,β-unsaturated/α-hetero) is 1. The van der Waals surface area contributed by atoms with Crippen LogP contribution in [0, 0.1) is 6.92 Å². The Morgan fingerprint density at radius 3 is 2.56 bits per heavy atom. The number of ketones is 1. The lowest BCUT2D eigenvalue weighted by atomic mass is 9.80. The number of anilines is 1. The van der Waals surface area contributed by atoms with Crippen molar-refractivity contribution in [2.75, 3.05) is 11.9 Å². The largest absolute Gasteiger partial charge is 0.314 e. The SMILES string of the molecule is CC(=O)C1(C)C(=O)N(C)c2ccc(C)cc21. The second-order valence-corrected chi connectivity index (χ2v) is 4.57. The molecule has 1 aromatic carbocycles. The van der Waals surface area contributed by atoms with E-state index in [-0.39, 0.29) is 11.7 Å². The molecule has 1 heterocycles. The number of fused-ring (bicyclic) bond motifs is 1. The Morgan fingerprint density at radius 2 is 2.00 bits per heavy atom. The van der Waals surface area contributed by atoms with Crippen molar-refractivity contribution in [3.05, 3.63) is 29.3 Å². The second kappa shape index (κ2) is 3.17. The summed E-state index contributed by atoms with van der Waals surface area (Å²) in [7, 11) is 1.71. The number of likely N-dealkylation sites (N-methyl/N-ethyl adjacent to an activating group) is 1. The van der Waals surface area contributed by atoms with Crippen LogP contribution in [0.25, 0.3) is 0 Å². The summed E-state index contributed by atoms with van der Waals surface area (Å²) >= 11 is 0. The van der Waals surface area contributed by atoms with Gasteiger partial charge < -0.3 is 4.90 Å². The van der Waals surface area contributed by atoms with Crippen LogP contribution in [0.2, 0.25) is 0 Å². The van der Waals surface area contributed by atoms with Crippen molar-refractivity contribution in [3.63, 3.8) is 0 Å². The number of nitrogens with zero attached hydrogens (tertiary/aromatic N) is 1. The molecule has 1 aliphatic heterocycles. The summed E-state index contributed by atoms with van der Waals surface area (Å²) in [6.45, 7) is 5.15. The van der Waals surface area contributed by atoms with E-state index in [1.165, 1.54) is 6.92 Å². The van der Waals surface area contributed by atoms with E-state index >= 15 is 0 Å². The van der Waals surface area contributed by atoms with Gasteiger partial charge in [0.05, 0.1) is 0 Å². The lowest BCUT2D eigenvalue weighted by molar-refractivity contribution is -0.132. The molecule has 16 heavy (non-hydrogen) atoms. The van der Waals surface area contributed by atoms with Gasteiger partial charge in [0.2, 0.25) is 5.91 Å². The summed E-state index contributed by atoms with van der Waals surface area (Å²) in [6.07, 6.45) is 0. The lowest BCUT2D eigenvalue weighted by Gasteiger charge is -2.19. The molecule has 0 bridgehead atoms. The van der Waals surface area contributed by atoms with Crippen LogP contribution in [-0.4, -0.2) is 18.7 Å². The Labute approximate surface area is 95.1 Å². The fourth-order valence-corrected chi connectivity index (χ4v) is 2.24. The molecule has 0 N–H and O–H groups in total. The van der Waals surface area contributed by atoms with E-state index in [0.29, 0.717) is 0 Å². The van der Waals surface area contributed by atoms with E-state index in [2.05, 4.69) is 0 Å². The minimum Gasteiger partial charge on any atom is -0.314 e. The quantitative estimate of drug-likeness (QED) is 0.673. The summed E-state index contributed by atoms with van der Waals surface area (Å²) in [5, 5.41) is 0. The number of aryl methyl sites for hydroxylation is 1. The summed E-state index contributed by atoms with van der Waals surface area (Å²) in [6, 6.07) is 5.78. The third-order valence-electron chi connectivity index (χ3n) is 3.49. The van der Waals surface area contributed by atoms with Crippen molar-refractivity contribution in [3.8, 4) is 0 Å². The molecule has 1 atom stereocenters. The third-order valence-corrected chi connectivity index (χ3v) is 3.49. The van der Waals surface area contributed by atoms with E-state index < -0.39 is 5.41 Å². The summed E-state index contributed by atoms with van der Waals surface area (Å²) in [5.74, 6) is -0.241. The number of hydrogen-bond acceptors (Lipinski definition) is 2. The second-order valence-electron chi connectivity index (χ2n) is 4.57. The maximum absolute atomic E-state index is 12.1. The van der Waals surface area contributed by atoms with Crippen LogP contribution in [0.5, 0.6) is 0 Å². The molecular weight excluding hydrogens is 202 g/mol. The molecule has 0 radical (unpaired) electrons. The van der Waals surface area contributed by atoms with Crippen LogP contribution in [0.15, 0.2) is 18.2 Å². The maximum atomic E-state index is 12.1. The number of carbonyl (C=O) groups is 2. The monoisotopic (exact) mass is 217 g/mol. The minimum atomic E-state index is -1.00. The number of amides is 1. The van der Waals surface area contributed by atoms with E-state index in [1.54, 1.807) is 18.9 Å². The van der Waals surface area contributed by atoms with Gasteiger partial charge >= 0.3 is 0 Å². The van der Waals surface area contributed by atoms with Crippen LogP contribution in [0.1, 0.15) is 25.0 Å². The van der Waals surface area contributed by atoms with Gasteiger partial charge in [-0.1, -0.05) is 17.7 Å². The van der Waals surface area contributed by atoms with Gasteiger partial charge in [-0.25, -0.2) is 0 Å². The van der Waals surface area contributed by atoms with Crippen LogP contribution < -0.4 is 4.90 Å². The lowest BCUT2D eigenvalue weighted by Crippen LogP contribution is -2.41. The Hall–Kier alpha value is -1.64. The number of hydrogen-bond donors (Lipinski definition) is 0. The molecule has 0 aliphatic carbocycles. The molecule has 1 aliphatic rings. The zero-order valence-electron chi connectivity index (χ0n) is 10.00. The molecule has 0 saturated carbocycles. The average Bonchev–Trinajstić information content (AvgIpc) is 2.42. The predicted octanol–water partition coefficient (Wildman–Crippen LogP) is 1.82. The first-order valence-electron chi connectivity index (χ1n) is 5.29. The molecule has 2 rings (SSSR count). The Morgan fingerprint density at radius 1 is 1.38 bits per heavy atom. The molecule has 1 unspecified atom stereocenters. The van der Waals surface area contributed by atoms with Crippen LogP contribution in [0.3, 0.4) is 0 Å². The highest BCUT2D eigenvalue weighted by Crippen LogP contribution is 2.41. The molecule has 1 amide bonds. The molecule has 1 aromatic rings. The molecular formula is C13H15NO2. The predicted molar refractivity (Wildman–Crippen MR) is 62.6 cm³/mol. The van der Waals surface area contributed by atoms with Gasteiger partial charge in [0.1, 0.15) is 11.2 Å². The molecule has 0 aromatic heterocycles. The van der Waals surface area contributed by atoms with E-state index in [0.717, 1.165) is 16.8 Å². The first-order valence-corrected chi connectivity index (χ1v) is 5.29. The number of carbonyl (C=O) groups excluding carboxylic acids is 2. The molecule has 0 fully saturated rings. The topological polar surface area (TPSA) is 37.4 Å². The molecule has 0 spiro atoms. The first-order chi connectivity index (χ1) is 7.39. The summed E-state index contributed by atoms with van der Waals surface area (Å²) < 4.78 is 0. The fourth-order valence-electron chi connectivity index (χ4n) is 2.24. The van der Waals surface area contributed by atoms with Crippen molar-refractivity contribution >= 4 is 17.4 Å². The fraction of sp³-hybridized carbons (Fsp3) is 0.385. The van der Waals surface area contributed by atoms with Crippen molar-refractivity contribution in [1.29, 1.82) is 0 Å². The van der Waals surface area contributed by atoms with Crippen LogP contribution in [0.4, 0.5) is 5.69 Å². The summed E-state index contributed by atoms with van der Waals surface area (Å²) in [4.78, 5) is 25.5. The highest BCUT2D eigenvalue weighted by molar-refractivity contribution is 6.21. The Kier molecular flexibility index (Phi) is 2.15. The van der Waals surface area contributed by atoms with Gasteiger partial charge in [-0.05, 0) is 32.4 Å². The highest BCUT2D eigenvalue weighted by Gasteiger charge is 2.49. The molecule has 3 nitrogen and oxygen atoms in total. The van der Waals surface area contributed by atoms with E-state index in [1.807, 2.05) is 25.1 Å². The van der Waals surface area contributed by atoms with Gasteiger partial charge in [0.15, 0.2) is 0 Å². The van der Waals surface area contributed by atoms with Gasteiger partial charge in [0.25, 0.3) is 0 Å². The van der Waals surface area contributed by atoms with Crippen LogP contribution >= 0.6 is 0 Å². The maximum Gasteiger partial charge on any atom is 0.244 e. The third kappa shape index (κ3) is 1.14. The van der Waals surface area contributed by atoms with Gasteiger partial charge in [-0.15, -0.1) is 0 Å². The molecule has 3 heteroatoms. The van der Waals surface area contributed by atoms with Gasteiger partial charge in [-0.3, -0.25) is 9.59 Å². The zero-order chi connectivity index (χ0) is 12.1. The first kappa shape index (κ1) is 10.9. The van der Waals surface area contributed by atoms with Gasteiger partial charge in [0, 0.05) is 12.7 Å². The molecule has 84 valence electrons. The Bertz CT molecular complexity index is 493. The Balaban J connectivity index is 2.74.